The molecule has 41 heavy (non-hydrogen) atoms. The van der Waals surface area contributed by atoms with Crippen LogP contribution in [0.4, 0.5) is 5.69 Å². The Morgan fingerprint density at radius 1 is 0.951 bits per heavy atom. The topological polar surface area (TPSA) is 181 Å². The number of rotatable bonds is 11. The third kappa shape index (κ3) is 9.20. The van der Waals surface area contributed by atoms with Crippen LogP contribution in [0, 0.1) is 5.41 Å². The number of carbonyl (C=O) groups is 4. The number of amidine groups is 1. The SMILES string of the molecule is CCOC(=O)c1cc(C(C)NC(=O)C(C(=O)Nc2ccc(C(=N)N)cc2)c2ccccc2)ccc1OCC.O=CO. The highest BCUT2D eigenvalue weighted by Crippen LogP contribution is 2.26. The number of amides is 2. The van der Waals surface area contributed by atoms with Crippen LogP contribution in [0.25, 0.3) is 0 Å². The standard InChI is InChI=1S/C29H32N4O5.CH2O2/c1-4-37-24-16-13-21(17-23(24)29(36)38-5-2)18(3)32-27(34)25(19-9-7-6-8-10-19)28(35)33-22-14-11-20(12-15-22)26(30)31;2-1-3/h6-18,25H,4-5H2,1-3H3,(H3,30,31)(H,32,34)(H,33,35);1H,(H,2,3). The fourth-order valence-electron chi connectivity index (χ4n) is 3.86. The van der Waals surface area contributed by atoms with E-state index in [9.17, 15) is 14.4 Å². The predicted octanol–water partition coefficient (Wildman–Crippen LogP) is 3.85. The fourth-order valence-corrected chi connectivity index (χ4v) is 3.86. The van der Waals surface area contributed by atoms with Gasteiger partial charge in [-0.1, -0.05) is 36.4 Å². The summed E-state index contributed by atoms with van der Waals surface area (Å²) in [6.45, 7) is 5.65. The van der Waals surface area contributed by atoms with Crippen LogP contribution >= 0.6 is 0 Å². The Labute approximate surface area is 238 Å². The largest absolute Gasteiger partial charge is 0.493 e. The van der Waals surface area contributed by atoms with Crippen LogP contribution in [0.2, 0.25) is 0 Å². The summed E-state index contributed by atoms with van der Waals surface area (Å²) >= 11 is 0. The van der Waals surface area contributed by atoms with Gasteiger partial charge in [-0.15, -0.1) is 0 Å². The molecule has 0 aliphatic rings. The zero-order valence-electron chi connectivity index (χ0n) is 23.0. The average molecular weight is 563 g/mol. The first-order valence-corrected chi connectivity index (χ1v) is 12.8. The molecule has 3 aromatic carbocycles. The molecule has 216 valence electrons. The van der Waals surface area contributed by atoms with Crippen molar-refractivity contribution in [2.24, 2.45) is 5.73 Å². The van der Waals surface area contributed by atoms with Gasteiger partial charge >= 0.3 is 5.97 Å². The van der Waals surface area contributed by atoms with Gasteiger partial charge < -0.3 is 30.9 Å². The summed E-state index contributed by atoms with van der Waals surface area (Å²) in [4.78, 5) is 47.6. The van der Waals surface area contributed by atoms with Gasteiger partial charge in [-0.2, -0.15) is 0 Å². The van der Waals surface area contributed by atoms with Crippen LogP contribution in [0.5, 0.6) is 5.75 Å². The van der Waals surface area contributed by atoms with Gasteiger partial charge in [0.2, 0.25) is 11.8 Å². The molecule has 11 nitrogen and oxygen atoms in total. The zero-order valence-corrected chi connectivity index (χ0v) is 23.0. The number of carbonyl (C=O) groups excluding carboxylic acids is 3. The molecule has 0 saturated heterocycles. The van der Waals surface area contributed by atoms with Crippen LogP contribution in [0.1, 0.15) is 59.8 Å². The molecule has 0 saturated carbocycles. The Kier molecular flexibility index (Phi) is 12.5. The number of carboxylic acid groups (broad SMARTS) is 1. The Bertz CT molecular complexity index is 1340. The fraction of sp³-hybridized carbons (Fsp3) is 0.233. The molecule has 0 aliphatic carbocycles. The maximum atomic E-state index is 13.5. The van der Waals surface area contributed by atoms with Gasteiger partial charge in [0, 0.05) is 11.3 Å². The number of benzene rings is 3. The number of nitrogens with two attached hydrogens (primary N) is 1. The van der Waals surface area contributed by atoms with E-state index in [1.54, 1.807) is 86.6 Å². The van der Waals surface area contributed by atoms with Crippen molar-refractivity contribution < 1.29 is 33.8 Å². The van der Waals surface area contributed by atoms with Crippen LogP contribution in [0.3, 0.4) is 0 Å². The lowest BCUT2D eigenvalue weighted by molar-refractivity contribution is -0.129. The lowest BCUT2D eigenvalue weighted by Gasteiger charge is -2.21. The third-order valence-corrected chi connectivity index (χ3v) is 5.78. The molecule has 0 radical (unpaired) electrons. The van der Waals surface area contributed by atoms with E-state index in [1.807, 2.05) is 6.92 Å². The lowest BCUT2D eigenvalue weighted by atomic mass is 9.96. The molecule has 2 amide bonds. The minimum Gasteiger partial charge on any atom is -0.493 e. The Hall–Kier alpha value is -5.19. The lowest BCUT2D eigenvalue weighted by Crippen LogP contribution is -2.38. The molecule has 2 unspecified atom stereocenters. The van der Waals surface area contributed by atoms with E-state index in [-0.39, 0.29) is 24.5 Å². The van der Waals surface area contributed by atoms with Crippen LogP contribution in [-0.2, 0) is 19.1 Å². The summed E-state index contributed by atoms with van der Waals surface area (Å²) in [5.74, 6) is -2.38. The predicted molar refractivity (Wildman–Crippen MR) is 154 cm³/mol. The van der Waals surface area contributed by atoms with Gasteiger partial charge in [0.15, 0.2) is 0 Å². The summed E-state index contributed by atoms with van der Waals surface area (Å²) in [7, 11) is 0. The Balaban J connectivity index is 0.00000187. The molecule has 0 bridgehead atoms. The minimum absolute atomic E-state index is 0.0844. The molecule has 0 aromatic heterocycles. The average Bonchev–Trinajstić information content (AvgIpc) is 2.95. The maximum absolute atomic E-state index is 13.5. The van der Waals surface area contributed by atoms with E-state index in [0.717, 1.165) is 0 Å². The van der Waals surface area contributed by atoms with E-state index in [4.69, 9.17) is 30.5 Å². The number of hydrogen-bond acceptors (Lipinski definition) is 7. The highest BCUT2D eigenvalue weighted by molar-refractivity contribution is 6.11. The molecule has 0 fully saturated rings. The third-order valence-electron chi connectivity index (χ3n) is 5.78. The first-order chi connectivity index (χ1) is 19.7. The molecular formula is C30H34N4O7. The summed E-state index contributed by atoms with van der Waals surface area (Å²) < 4.78 is 10.7. The second-order valence-corrected chi connectivity index (χ2v) is 8.57. The van der Waals surface area contributed by atoms with Crippen molar-refractivity contribution in [3.8, 4) is 5.75 Å². The van der Waals surface area contributed by atoms with E-state index < -0.39 is 29.7 Å². The van der Waals surface area contributed by atoms with Gasteiger partial charge in [-0.25, -0.2) is 4.79 Å². The maximum Gasteiger partial charge on any atom is 0.341 e. The van der Waals surface area contributed by atoms with Crippen molar-refractivity contribution >= 4 is 35.8 Å². The summed E-state index contributed by atoms with van der Waals surface area (Å²) in [6, 6.07) is 19.7. The number of anilines is 1. The molecule has 11 heteroatoms. The Morgan fingerprint density at radius 3 is 2.15 bits per heavy atom. The second kappa shape index (κ2) is 16.0. The smallest absolute Gasteiger partial charge is 0.341 e. The first-order valence-electron chi connectivity index (χ1n) is 12.8. The number of hydrogen-bond donors (Lipinski definition) is 5. The molecule has 2 atom stereocenters. The highest BCUT2D eigenvalue weighted by Gasteiger charge is 2.30. The Morgan fingerprint density at radius 2 is 1.59 bits per heavy atom. The van der Waals surface area contributed by atoms with E-state index in [2.05, 4.69) is 10.6 Å². The molecule has 0 spiro atoms. The van der Waals surface area contributed by atoms with Crippen molar-refractivity contribution in [3.05, 3.63) is 95.1 Å². The quantitative estimate of drug-likeness (QED) is 0.0768. The number of ether oxygens (including phenoxy) is 2. The number of nitrogens with one attached hydrogen (secondary N) is 3. The van der Waals surface area contributed by atoms with Crippen molar-refractivity contribution in [2.75, 3.05) is 18.5 Å². The van der Waals surface area contributed by atoms with E-state index in [0.29, 0.717) is 34.7 Å². The summed E-state index contributed by atoms with van der Waals surface area (Å²) in [6.07, 6.45) is 0. The van der Waals surface area contributed by atoms with Crippen LogP contribution < -0.4 is 21.1 Å². The molecule has 0 heterocycles. The van der Waals surface area contributed by atoms with Gasteiger partial charge in [-0.3, -0.25) is 19.8 Å². The van der Waals surface area contributed by atoms with Gasteiger partial charge in [0.1, 0.15) is 23.1 Å². The van der Waals surface area contributed by atoms with Crippen molar-refractivity contribution in [3.63, 3.8) is 0 Å². The monoisotopic (exact) mass is 562 g/mol. The van der Waals surface area contributed by atoms with Crippen molar-refractivity contribution in [1.29, 1.82) is 5.41 Å². The van der Waals surface area contributed by atoms with Gasteiger partial charge in [0.25, 0.3) is 6.47 Å². The van der Waals surface area contributed by atoms with Crippen LogP contribution in [-0.4, -0.2) is 48.4 Å². The van der Waals surface area contributed by atoms with Gasteiger partial charge in [0.05, 0.1) is 19.3 Å². The molecular weight excluding hydrogens is 528 g/mol. The molecule has 0 aliphatic heterocycles. The first kappa shape index (κ1) is 32.0. The van der Waals surface area contributed by atoms with E-state index in [1.165, 1.54) is 0 Å². The molecule has 3 rings (SSSR count). The second-order valence-electron chi connectivity index (χ2n) is 8.57. The summed E-state index contributed by atoms with van der Waals surface area (Å²) in [5.41, 5.74) is 7.92. The normalized spacial score (nSPS) is 11.5. The minimum atomic E-state index is -1.14. The molecule has 3 aromatic rings. The zero-order chi connectivity index (χ0) is 30.4. The van der Waals surface area contributed by atoms with Crippen molar-refractivity contribution in [1.82, 2.24) is 5.32 Å². The highest BCUT2D eigenvalue weighted by atomic mass is 16.5. The van der Waals surface area contributed by atoms with E-state index >= 15 is 0 Å². The molecule has 6 N–H and O–H groups in total. The summed E-state index contributed by atoms with van der Waals surface area (Å²) in [5, 5.41) is 20.1. The van der Waals surface area contributed by atoms with Crippen LogP contribution in [0.15, 0.2) is 72.8 Å². The van der Waals surface area contributed by atoms with Gasteiger partial charge in [-0.05, 0) is 68.3 Å². The number of esters is 1. The van der Waals surface area contributed by atoms with Crippen molar-refractivity contribution in [2.45, 2.75) is 32.7 Å². The number of nitrogen functional groups attached to an aromatic ring is 1.